The van der Waals surface area contributed by atoms with E-state index in [9.17, 15) is 9.59 Å². The monoisotopic (exact) mass is 486 g/mol. The lowest BCUT2D eigenvalue weighted by atomic mass is 10.0. The molecule has 0 saturated heterocycles. The molecule has 0 radical (unpaired) electrons. The van der Waals surface area contributed by atoms with Crippen molar-refractivity contribution in [2.24, 2.45) is 0 Å². The minimum Gasteiger partial charge on any atom is -0.486 e. The van der Waals surface area contributed by atoms with E-state index in [1.54, 1.807) is 4.90 Å². The van der Waals surface area contributed by atoms with Gasteiger partial charge in [-0.15, -0.1) is 0 Å². The summed E-state index contributed by atoms with van der Waals surface area (Å²) >= 11 is 0. The van der Waals surface area contributed by atoms with Gasteiger partial charge in [0.05, 0.1) is 0 Å². The molecule has 1 aliphatic rings. The average molecular weight is 487 g/mol. The molecule has 1 aliphatic heterocycles. The number of hydrogen-bond donors (Lipinski definition) is 1. The summed E-state index contributed by atoms with van der Waals surface area (Å²) in [6.45, 7) is 4.04. The Bertz CT molecular complexity index is 1130. The highest BCUT2D eigenvalue weighted by Gasteiger charge is 2.30. The molecule has 0 saturated carbocycles. The Morgan fingerprint density at radius 1 is 0.861 bits per heavy atom. The molecule has 0 fully saturated rings. The minimum absolute atomic E-state index is 0.0543. The number of rotatable bonds is 11. The SMILES string of the molecule is CCCNC(=O)C(Cc1ccccc1)N(Cc1ccccc1)C(=O)CCc1ccc2c(c1)OCCO2. The highest BCUT2D eigenvalue weighted by Crippen LogP contribution is 2.31. The molecule has 6 nitrogen and oxygen atoms in total. The molecule has 4 rings (SSSR count). The van der Waals surface area contributed by atoms with Crippen LogP contribution in [0, 0.1) is 0 Å². The third kappa shape index (κ3) is 6.87. The quantitative estimate of drug-likeness (QED) is 0.432. The number of ether oxygens (including phenoxy) is 2. The van der Waals surface area contributed by atoms with E-state index in [1.165, 1.54) is 0 Å². The number of carbonyl (C=O) groups is 2. The average Bonchev–Trinajstić information content (AvgIpc) is 2.93. The van der Waals surface area contributed by atoms with Gasteiger partial charge >= 0.3 is 0 Å². The van der Waals surface area contributed by atoms with Gasteiger partial charge in [-0.05, 0) is 41.7 Å². The fourth-order valence-corrected chi connectivity index (χ4v) is 4.34. The van der Waals surface area contributed by atoms with Crippen LogP contribution in [0.3, 0.4) is 0 Å². The van der Waals surface area contributed by atoms with Crippen molar-refractivity contribution in [2.75, 3.05) is 19.8 Å². The van der Waals surface area contributed by atoms with Gasteiger partial charge in [-0.2, -0.15) is 0 Å². The molecule has 2 amide bonds. The molecule has 1 atom stereocenters. The van der Waals surface area contributed by atoms with Crippen LogP contribution >= 0.6 is 0 Å². The Morgan fingerprint density at radius 2 is 1.53 bits per heavy atom. The van der Waals surface area contributed by atoms with Crippen LogP contribution < -0.4 is 14.8 Å². The lowest BCUT2D eigenvalue weighted by molar-refractivity contribution is -0.141. The van der Waals surface area contributed by atoms with Gasteiger partial charge in [-0.3, -0.25) is 9.59 Å². The van der Waals surface area contributed by atoms with E-state index in [-0.39, 0.29) is 11.8 Å². The third-order valence-electron chi connectivity index (χ3n) is 6.25. The Kier molecular flexibility index (Phi) is 8.98. The smallest absolute Gasteiger partial charge is 0.243 e. The molecular formula is C30H34N2O4. The highest BCUT2D eigenvalue weighted by atomic mass is 16.6. The molecule has 1 heterocycles. The molecule has 1 N–H and O–H groups in total. The normalized spacial score (nSPS) is 13.0. The molecule has 0 aromatic heterocycles. The minimum atomic E-state index is -0.605. The molecular weight excluding hydrogens is 452 g/mol. The second-order valence-corrected chi connectivity index (χ2v) is 8.98. The first-order valence-electron chi connectivity index (χ1n) is 12.7. The summed E-state index contributed by atoms with van der Waals surface area (Å²) in [4.78, 5) is 28.8. The third-order valence-corrected chi connectivity index (χ3v) is 6.25. The number of nitrogens with zero attached hydrogens (tertiary/aromatic N) is 1. The van der Waals surface area contributed by atoms with Gasteiger partial charge in [0.1, 0.15) is 19.3 Å². The summed E-state index contributed by atoms with van der Waals surface area (Å²) in [5.74, 6) is 1.27. The van der Waals surface area contributed by atoms with Crippen molar-refractivity contribution in [3.05, 3.63) is 95.6 Å². The Labute approximate surface area is 213 Å². The molecule has 3 aromatic rings. The maximum Gasteiger partial charge on any atom is 0.243 e. The fraction of sp³-hybridized carbons (Fsp3) is 0.333. The summed E-state index contributed by atoms with van der Waals surface area (Å²) < 4.78 is 11.3. The van der Waals surface area contributed by atoms with Crippen molar-refractivity contribution >= 4 is 11.8 Å². The molecule has 0 spiro atoms. The summed E-state index contributed by atoms with van der Waals surface area (Å²) in [6, 6.07) is 24.9. The van der Waals surface area contributed by atoms with Gasteiger partial charge in [-0.25, -0.2) is 0 Å². The fourth-order valence-electron chi connectivity index (χ4n) is 4.34. The van der Waals surface area contributed by atoms with Gasteiger partial charge < -0.3 is 19.7 Å². The van der Waals surface area contributed by atoms with Crippen LogP contribution in [0.5, 0.6) is 11.5 Å². The lowest BCUT2D eigenvalue weighted by Crippen LogP contribution is -2.50. The van der Waals surface area contributed by atoms with E-state index in [2.05, 4.69) is 5.32 Å². The molecule has 36 heavy (non-hydrogen) atoms. The van der Waals surface area contributed by atoms with Crippen LogP contribution in [0.15, 0.2) is 78.9 Å². The van der Waals surface area contributed by atoms with Gasteiger partial charge in [0.25, 0.3) is 0 Å². The van der Waals surface area contributed by atoms with Crippen molar-refractivity contribution in [1.29, 1.82) is 0 Å². The number of nitrogens with one attached hydrogen (secondary N) is 1. The summed E-state index contributed by atoms with van der Waals surface area (Å²) in [6.07, 6.45) is 2.13. The zero-order valence-electron chi connectivity index (χ0n) is 20.8. The van der Waals surface area contributed by atoms with Gasteiger partial charge in [-0.1, -0.05) is 73.7 Å². The Balaban J connectivity index is 1.56. The maximum atomic E-state index is 13.7. The number of hydrogen-bond acceptors (Lipinski definition) is 4. The van der Waals surface area contributed by atoms with E-state index < -0.39 is 6.04 Å². The zero-order chi connectivity index (χ0) is 25.2. The number of carbonyl (C=O) groups excluding carboxylic acids is 2. The van der Waals surface area contributed by atoms with E-state index >= 15 is 0 Å². The molecule has 188 valence electrons. The predicted octanol–water partition coefficient (Wildman–Crippen LogP) is 4.56. The van der Waals surface area contributed by atoms with Crippen molar-refractivity contribution in [1.82, 2.24) is 10.2 Å². The number of aryl methyl sites for hydroxylation is 1. The first-order chi connectivity index (χ1) is 17.6. The van der Waals surface area contributed by atoms with Crippen LogP contribution in [0.25, 0.3) is 0 Å². The van der Waals surface area contributed by atoms with Crippen LogP contribution in [0.1, 0.15) is 36.5 Å². The first kappa shape index (κ1) is 25.3. The maximum absolute atomic E-state index is 13.7. The second kappa shape index (κ2) is 12.8. The second-order valence-electron chi connectivity index (χ2n) is 8.98. The van der Waals surface area contributed by atoms with Crippen molar-refractivity contribution in [2.45, 2.75) is 45.2 Å². The molecule has 3 aromatic carbocycles. The molecule has 1 unspecified atom stereocenters. The van der Waals surface area contributed by atoms with Crippen LogP contribution in [0.2, 0.25) is 0 Å². The summed E-state index contributed by atoms with van der Waals surface area (Å²) in [7, 11) is 0. The van der Waals surface area contributed by atoms with Crippen LogP contribution in [0.4, 0.5) is 0 Å². The molecule has 0 aliphatic carbocycles. The first-order valence-corrected chi connectivity index (χ1v) is 12.7. The van der Waals surface area contributed by atoms with E-state index in [0.717, 1.165) is 28.9 Å². The zero-order valence-corrected chi connectivity index (χ0v) is 20.8. The van der Waals surface area contributed by atoms with E-state index in [0.29, 0.717) is 51.3 Å². The van der Waals surface area contributed by atoms with Crippen LogP contribution in [-0.2, 0) is 29.0 Å². The van der Waals surface area contributed by atoms with Crippen molar-refractivity contribution in [3.8, 4) is 11.5 Å². The van der Waals surface area contributed by atoms with Crippen molar-refractivity contribution in [3.63, 3.8) is 0 Å². The Morgan fingerprint density at radius 3 is 2.22 bits per heavy atom. The molecule has 6 heteroatoms. The topological polar surface area (TPSA) is 67.9 Å². The largest absolute Gasteiger partial charge is 0.486 e. The van der Waals surface area contributed by atoms with Gasteiger partial charge in [0.2, 0.25) is 11.8 Å². The Hall–Kier alpha value is -3.80. The van der Waals surface area contributed by atoms with Crippen LogP contribution in [-0.4, -0.2) is 42.5 Å². The number of fused-ring (bicyclic) bond motifs is 1. The predicted molar refractivity (Wildman–Crippen MR) is 140 cm³/mol. The standard InChI is InChI=1S/C30H34N2O4/c1-2-17-31-30(34)26(20-23-9-5-3-6-10-23)32(22-25-11-7-4-8-12-25)29(33)16-14-24-13-15-27-28(21-24)36-19-18-35-27/h3-13,15,21,26H,2,14,16-20,22H2,1H3,(H,31,34). The van der Waals surface area contributed by atoms with Gasteiger partial charge in [0, 0.05) is 25.9 Å². The van der Waals surface area contributed by atoms with E-state index in [1.807, 2.05) is 85.8 Å². The number of amides is 2. The highest BCUT2D eigenvalue weighted by molar-refractivity contribution is 5.88. The summed E-state index contributed by atoms with van der Waals surface area (Å²) in [5, 5.41) is 3.02. The number of benzene rings is 3. The molecule has 0 bridgehead atoms. The van der Waals surface area contributed by atoms with E-state index in [4.69, 9.17) is 9.47 Å². The van der Waals surface area contributed by atoms with Gasteiger partial charge in [0.15, 0.2) is 11.5 Å². The lowest BCUT2D eigenvalue weighted by Gasteiger charge is -2.31. The summed E-state index contributed by atoms with van der Waals surface area (Å²) in [5.41, 5.74) is 3.01. The van der Waals surface area contributed by atoms with Crippen molar-refractivity contribution < 1.29 is 19.1 Å².